The van der Waals surface area contributed by atoms with Crippen LogP contribution >= 0.6 is 0 Å². The number of amides is 1. The maximum absolute atomic E-state index is 12.1. The van der Waals surface area contributed by atoms with Crippen molar-refractivity contribution in [1.29, 1.82) is 0 Å². The van der Waals surface area contributed by atoms with Crippen molar-refractivity contribution in [2.45, 2.75) is 13.3 Å². The summed E-state index contributed by atoms with van der Waals surface area (Å²) in [6, 6.07) is 19.2. The number of benzene rings is 3. The van der Waals surface area contributed by atoms with E-state index in [-0.39, 0.29) is 11.7 Å². The number of carbonyl (C=O) groups is 1. The van der Waals surface area contributed by atoms with E-state index in [0.717, 1.165) is 21.9 Å². The first kappa shape index (κ1) is 14.1. The summed E-state index contributed by atoms with van der Waals surface area (Å²) < 4.78 is 0. The third kappa shape index (κ3) is 3.09. The summed E-state index contributed by atoms with van der Waals surface area (Å²) in [5.74, 6) is 0.0852. The molecule has 3 rings (SSSR count). The lowest BCUT2D eigenvalue weighted by molar-refractivity contribution is -0.115. The molecule has 110 valence electrons. The predicted octanol–water partition coefficient (Wildman–Crippen LogP) is 4.04. The van der Waals surface area contributed by atoms with Gasteiger partial charge in [0, 0.05) is 11.8 Å². The molecule has 0 aliphatic heterocycles. The molecule has 0 saturated heterocycles. The quantitative estimate of drug-likeness (QED) is 0.765. The second kappa shape index (κ2) is 5.90. The van der Waals surface area contributed by atoms with E-state index in [9.17, 15) is 9.90 Å². The first-order valence-electron chi connectivity index (χ1n) is 7.19. The molecular weight excluding hydrogens is 274 g/mol. The Morgan fingerprint density at radius 1 is 1.00 bits per heavy atom. The van der Waals surface area contributed by atoms with Gasteiger partial charge in [-0.05, 0) is 34.9 Å². The van der Waals surface area contributed by atoms with Gasteiger partial charge in [0.2, 0.25) is 5.91 Å². The number of hydrogen-bond donors (Lipinski definition) is 2. The van der Waals surface area contributed by atoms with E-state index < -0.39 is 0 Å². The summed E-state index contributed by atoms with van der Waals surface area (Å²) in [5, 5.41) is 14.8. The summed E-state index contributed by atoms with van der Waals surface area (Å²) >= 11 is 0. The second-order valence-electron chi connectivity index (χ2n) is 5.41. The predicted molar refractivity (Wildman–Crippen MR) is 89.1 cm³/mol. The molecule has 1 amide bonds. The van der Waals surface area contributed by atoms with Gasteiger partial charge in [0.25, 0.3) is 0 Å². The Labute approximate surface area is 129 Å². The fraction of sp³-hybridized carbons (Fsp3) is 0.105. The highest BCUT2D eigenvalue weighted by Crippen LogP contribution is 2.21. The number of rotatable bonds is 3. The van der Waals surface area contributed by atoms with E-state index in [1.807, 2.05) is 49.4 Å². The van der Waals surface area contributed by atoms with Gasteiger partial charge in [-0.1, -0.05) is 48.5 Å². The third-order valence-electron chi connectivity index (χ3n) is 3.67. The minimum atomic E-state index is -0.0986. The van der Waals surface area contributed by atoms with Crippen molar-refractivity contribution in [3.05, 3.63) is 71.8 Å². The topological polar surface area (TPSA) is 49.3 Å². The van der Waals surface area contributed by atoms with Crippen LogP contribution < -0.4 is 5.32 Å². The number of fused-ring (bicyclic) bond motifs is 1. The molecule has 0 bridgehead atoms. The molecule has 3 aromatic rings. The molecule has 0 heterocycles. The lowest BCUT2D eigenvalue weighted by Gasteiger charge is -2.08. The van der Waals surface area contributed by atoms with Crippen molar-refractivity contribution < 1.29 is 9.90 Å². The summed E-state index contributed by atoms with van der Waals surface area (Å²) in [7, 11) is 0. The Balaban J connectivity index is 1.73. The SMILES string of the molecule is Cc1ccc(NC(=O)Cc2ccc3ccccc3c2)cc1O. The molecule has 0 aromatic heterocycles. The Morgan fingerprint density at radius 2 is 1.77 bits per heavy atom. The van der Waals surface area contributed by atoms with Crippen molar-refractivity contribution in [1.82, 2.24) is 0 Å². The van der Waals surface area contributed by atoms with Crippen molar-refractivity contribution >= 4 is 22.4 Å². The highest BCUT2D eigenvalue weighted by molar-refractivity contribution is 5.93. The van der Waals surface area contributed by atoms with Crippen LogP contribution in [0.4, 0.5) is 5.69 Å². The van der Waals surface area contributed by atoms with E-state index in [4.69, 9.17) is 0 Å². The van der Waals surface area contributed by atoms with Gasteiger partial charge in [0.15, 0.2) is 0 Å². The van der Waals surface area contributed by atoms with Gasteiger partial charge >= 0.3 is 0 Å². The number of phenols is 1. The molecule has 22 heavy (non-hydrogen) atoms. The highest BCUT2D eigenvalue weighted by Gasteiger charge is 2.06. The molecule has 2 N–H and O–H groups in total. The first-order chi connectivity index (χ1) is 10.6. The van der Waals surface area contributed by atoms with Gasteiger partial charge in [0.05, 0.1) is 6.42 Å². The summed E-state index contributed by atoms with van der Waals surface area (Å²) in [4.78, 5) is 12.1. The highest BCUT2D eigenvalue weighted by atomic mass is 16.3. The van der Waals surface area contributed by atoms with Crippen molar-refractivity contribution in [2.24, 2.45) is 0 Å². The maximum atomic E-state index is 12.1. The van der Waals surface area contributed by atoms with Gasteiger partial charge in [-0.15, -0.1) is 0 Å². The van der Waals surface area contributed by atoms with Crippen LogP contribution in [0.3, 0.4) is 0 Å². The van der Waals surface area contributed by atoms with Gasteiger partial charge in [0.1, 0.15) is 5.75 Å². The van der Waals surface area contributed by atoms with Crippen LogP contribution in [-0.4, -0.2) is 11.0 Å². The maximum Gasteiger partial charge on any atom is 0.228 e. The number of aryl methyl sites for hydroxylation is 1. The van der Waals surface area contributed by atoms with Gasteiger partial charge < -0.3 is 10.4 Å². The normalized spacial score (nSPS) is 10.6. The largest absolute Gasteiger partial charge is 0.508 e. The molecule has 0 aliphatic rings. The monoisotopic (exact) mass is 291 g/mol. The molecule has 0 saturated carbocycles. The molecular formula is C19H17NO2. The van der Waals surface area contributed by atoms with Crippen LogP contribution in [0.2, 0.25) is 0 Å². The molecule has 3 aromatic carbocycles. The zero-order valence-electron chi connectivity index (χ0n) is 12.3. The van der Waals surface area contributed by atoms with Crippen LogP contribution in [0.15, 0.2) is 60.7 Å². The van der Waals surface area contributed by atoms with Crippen LogP contribution in [-0.2, 0) is 11.2 Å². The standard InChI is InChI=1S/C19H17NO2/c1-13-6-9-17(12-18(13)21)20-19(22)11-14-7-8-15-4-2-3-5-16(15)10-14/h2-10,12,21H,11H2,1H3,(H,20,22). The smallest absolute Gasteiger partial charge is 0.228 e. The molecule has 0 spiro atoms. The lowest BCUT2D eigenvalue weighted by atomic mass is 10.0. The number of nitrogens with one attached hydrogen (secondary N) is 1. The van der Waals surface area contributed by atoms with Gasteiger partial charge in [-0.2, -0.15) is 0 Å². The van der Waals surface area contributed by atoms with E-state index >= 15 is 0 Å². The average Bonchev–Trinajstić information content (AvgIpc) is 2.51. The van der Waals surface area contributed by atoms with Crippen LogP contribution in [0, 0.1) is 6.92 Å². The molecule has 0 fully saturated rings. The first-order valence-corrected chi connectivity index (χ1v) is 7.19. The molecule has 3 nitrogen and oxygen atoms in total. The van der Waals surface area contributed by atoms with Crippen molar-refractivity contribution in [2.75, 3.05) is 5.32 Å². The van der Waals surface area contributed by atoms with Crippen LogP contribution in [0.5, 0.6) is 5.75 Å². The lowest BCUT2D eigenvalue weighted by Crippen LogP contribution is -2.14. The van der Waals surface area contributed by atoms with Crippen LogP contribution in [0.1, 0.15) is 11.1 Å². The average molecular weight is 291 g/mol. The Morgan fingerprint density at radius 3 is 2.55 bits per heavy atom. The number of aromatic hydroxyl groups is 1. The Hall–Kier alpha value is -2.81. The van der Waals surface area contributed by atoms with Crippen molar-refractivity contribution in [3.8, 4) is 5.75 Å². The fourth-order valence-electron chi connectivity index (χ4n) is 2.43. The molecule has 0 radical (unpaired) electrons. The van der Waals surface area contributed by atoms with E-state index in [1.165, 1.54) is 0 Å². The number of carbonyl (C=O) groups excluding carboxylic acids is 1. The van der Waals surface area contributed by atoms with Gasteiger partial charge in [-0.3, -0.25) is 4.79 Å². The Bertz CT molecular complexity index is 840. The summed E-state index contributed by atoms with van der Waals surface area (Å²) in [5.41, 5.74) is 2.36. The number of phenolic OH excluding ortho intramolecular Hbond substituents is 1. The second-order valence-corrected chi connectivity index (χ2v) is 5.41. The number of anilines is 1. The zero-order valence-corrected chi connectivity index (χ0v) is 12.3. The summed E-state index contributed by atoms with van der Waals surface area (Å²) in [6.45, 7) is 1.82. The van der Waals surface area contributed by atoms with E-state index in [0.29, 0.717) is 12.1 Å². The molecule has 0 unspecified atom stereocenters. The zero-order chi connectivity index (χ0) is 15.5. The third-order valence-corrected chi connectivity index (χ3v) is 3.67. The minimum Gasteiger partial charge on any atom is -0.508 e. The van der Waals surface area contributed by atoms with E-state index in [2.05, 4.69) is 5.32 Å². The van der Waals surface area contributed by atoms with Crippen molar-refractivity contribution in [3.63, 3.8) is 0 Å². The Kier molecular flexibility index (Phi) is 3.79. The van der Waals surface area contributed by atoms with E-state index in [1.54, 1.807) is 18.2 Å². The molecule has 0 atom stereocenters. The molecule has 0 aliphatic carbocycles. The number of hydrogen-bond acceptors (Lipinski definition) is 2. The van der Waals surface area contributed by atoms with Gasteiger partial charge in [-0.25, -0.2) is 0 Å². The molecule has 3 heteroatoms. The minimum absolute atomic E-state index is 0.0986. The fourth-order valence-corrected chi connectivity index (χ4v) is 2.43. The summed E-state index contributed by atoms with van der Waals surface area (Å²) in [6.07, 6.45) is 0.305. The van der Waals surface area contributed by atoms with Crippen LogP contribution in [0.25, 0.3) is 10.8 Å².